The van der Waals surface area contributed by atoms with Crippen molar-refractivity contribution in [1.82, 2.24) is 5.32 Å². The van der Waals surface area contributed by atoms with Crippen molar-refractivity contribution in [3.05, 3.63) is 12.2 Å². The Hall–Kier alpha value is -1.32. The Morgan fingerprint density at radius 1 is 1.82 bits per heavy atom. The minimum absolute atomic E-state index is 0.264. The predicted octanol–water partition coefficient (Wildman–Crippen LogP) is -0.396. The molecule has 0 aromatic heterocycles. The van der Waals surface area contributed by atoms with Crippen molar-refractivity contribution in [2.45, 2.75) is 12.5 Å². The third kappa shape index (κ3) is 1.39. The minimum Gasteiger partial charge on any atom is -0.467 e. The van der Waals surface area contributed by atoms with Crippen LogP contribution in [0.3, 0.4) is 0 Å². The van der Waals surface area contributed by atoms with Gasteiger partial charge in [0.2, 0.25) is 5.91 Å². The number of esters is 1. The third-order valence-electron chi connectivity index (χ3n) is 1.56. The lowest BCUT2D eigenvalue weighted by atomic mass is 10.2. The second kappa shape index (κ2) is 2.74. The van der Waals surface area contributed by atoms with E-state index in [1.54, 1.807) is 0 Å². The van der Waals surface area contributed by atoms with Gasteiger partial charge in [-0.15, -0.1) is 0 Å². The van der Waals surface area contributed by atoms with Crippen LogP contribution >= 0.6 is 0 Å². The largest absolute Gasteiger partial charge is 0.467 e. The van der Waals surface area contributed by atoms with Crippen molar-refractivity contribution in [3.8, 4) is 0 Å². The van der Waals surface area contributed by atoms with E-state index in [0.717, 1.165) is 0 Å². The van der Waals surface area contributed by atoms with E-state index in [0.29, 0.717) is 12.0 Å². The van der Waals surface area contributed by atoms with Crippen molar-refractivity contribution in [1.29, 1.82) is 0 Å². The maximum atomic E-state index is 10.8. The quantitative estimate of drug-likeness (QED) is 0.414. The highest BCUT2D eigenvalue weighted by Gasteiger charge is 2.30. The number of amides is 1. The lowest BCUT2D eigenvalue weighted by Gasteiger charge is -2.04. The van der Waals surface area contributed by atoms with Gasteiger partial charge in [0.1, 0.15) is 6.04 Å². The molecule has 1 N–H and O–H groups in total. The summed E-state index contributed by atoms with van der Waals surface area (Å²) in [5.41, 5.74) is 0.431. The van der Waals surface area contributed by atoms with Crippen LogP contribution in [0.4, 0.5) is 0 Å². The van der Waals surface area contributed by atoms with Crippen molar-refractivity contribution in [2.24, 2.45) is 0 Å². The van der Waals surface area contributed by atoms with Crippen LogP contribution in [0.2, 0.25) is 0 Å². The summed E-state index contributed by atoms with van der Waals surface area (Å²) in [5.74, 6) is -0.683. The number of nitrogens with one attached hydrogen (secondary N) is 1. The average Bonchev–Trinajstić information content (AvgIpc) is 2.31. The first kappa shape index (κ1) is 7.78. The lowest BCUT2D eigenvalue weighted by molar-refractivity contribution is -0.143. The van der Waals surface area contributed by atoms with Gasteiger partial charge in [-0.2, -0.15) is 0 Å². The summed E-state index contributed by atoms with van der Waals surface area (Å²) in [4.78, 5) is 21.6. The summed E-state index contributed by atoms with van der Waals surface area (Å²) < 4.78 is 4.44. The molecule has 0 aromatic rings. The van der Waals surface area contributed by atoms with Crippen LogP contribution in [-0.4, -0.2) is 25.0 Å². The van der Waals surface area contributed by atoms with Gasteiger partial charge in [-0.05, 0) is 0 Å². The van der Waals surface area contributed by atoms with Gasteiger partial charge >= 0.3 is 5.97 Å². The van der Waals surface area contributed by atoms with E-state index in [2.05, 4.69) is 16.6 Å². The van der Waals surface area contributed by atoms with Crippen LogP contribution in [0, 0.1) is 0 Å². The van der Waals surface area contributed by atoms with Crippen LogP contribution in [-0.2, 0) is 14.3 Å². The van der Waals surface area contributed by atoms with Crippen molar-refractivity contribution in [2.75, 3.05) is 7.11 Å². The number of rotatable bonds is 1. The Morgan fingerprint density at radius 3 is 2.82 bits per heavy atom. The fourth-order valence-corrected chi connectivity index (χ4v) is 0.935. The molecule has 1 fully saturated rings. The molecule has 1 aliphatic heterocycles. The second-order valence-electron chi connectivity index (χ2n) is 2.36. The monoisotopic (exact) mass is 155 g/mol. The van der Waals surface area contributed by atoms with Gasteiger partial charge in [-0.3, -0.25) is 4.79 Å². The summed E-state index contributed by atoms with van der Waals surface area (Å²) in [5, 5.41) is 2.44. The van der Waals surface area contributed by atoms with E-state index in [1.807, 2.05) is 0 Å². The second-order valence-corrected chi connectivity index (χ2v) is 2.36. The molecule has 0 radical (unpaired) electrons. The molecule has 4 heteroatoms. The summed E-state index contributed by atoms with van der Waals surface area (Å²) in [6, 6.07) is -0.528. The number of methoxy groups -OCH3 is 1. The van der Waals surface area contributed by atoms with Crippen molar-refractivity contribution >= 4 is 11.9 Å². The topological polar surface area (TPSA) is 55.4 Å². The minimum atomic E-state index is -0.528. The van der Waals surface area contributed by atoms with Gasteiger partial charge in [0.15, 0.2) is 0 Å². The Bertz CT molecular complexity index is 206. The van der Waals surface area contributed by atoms with Gasteiger partial charge in [-0.1, -0.05) is 6.58 Å². The van der Waals surface area contributed by atoms with E-state index in [9.17, 15) is 9.59 Å². The lowest BCUT2D eigenvalue weighted by Crippen LogP contribution is -2.33. The summed E-state index contributed by atoms with van der Waals surface area (Å²) >= 11 is 0. The average molecular weight is 155 g/mol. The summed E-state index contributed by atoms with van der Waals surface area (Å²) in [6.07, 6.45) is 0.353. The van der Waals surface area contributed by atoms with E-state index in [4.69, 9.17) is 0 Å². The molecule has 0 aromatic carbocycles. The number of carbonyl (C=O) groups is 2. The third-order valence-corrected chi connectivity index (χ3v) is 1.56. The highest BCUT2D eigenvalue weighted by atomic mass is 16.5. The summed E-state index contributed by atoms with van der Waals surface area (Å²) in [6.45, 7) is 3.48. The van der Waals surface area contributed by atoms with Crippen LogP contribution in [0.1, 0.15) is 6.42 Å². The van der Waals surface area contributed by atoms with E-state index >= 15 is 0 Å². The molecule has 1 aliphatic rings. The highest BCUT2D eigenvalue weighted by molar-refractivity contribution is 5.99. The number of ether oxygens (including phenoxy) is 1. The van der Waals surface area contributed by atoms with Crippen LogP contribution < -0.4 is 5.32 Å². The molecule has 0 spiro atoms. The SMILES string of the molecule is C=C1C[C@@H](C(=O)OC)NC1=O. The maximum Gasteiger partial charge on any atom is 0.328 e. The molecule has 60 valence electrons. The zero-order valence-electron chi connectivity index (χ0n) is 6.22. The molecule has 4 nitrogen and oxygen atoms in total. The smallest absolute Gasteiger partial charge is 0.328 e. The predicted molar refractivity (Wildman–Crippen MR) is 37.7 cm³/mol. The first-order valence-electron chi connectivity index (χ1n) is 3.21. The van der Waals surface area contributed by atoms with Gasteiger partial charge < -0.3 is 10.1 Å². The Morgan fingerprint density at radius 2 is 2.45 bits per heavy atom. The molecular formula is C7H9NO3. The van der Waals surface area contributed by atoms with Crippen LogP contribution in [0.15, 0.2) is 12.2 Å². The standard InChI is InChI=1S/C7H9NO3/c1-4-3-5(7(10)11-2)8-6(4)9/h5H,1,3H2,2H3,(H,8,9)/t5-/m0/s1. The molecule has 0 saturated carbocycles. The molecule has 1 atom stereocenters. The van der Waals surface area contributed by atoms with Crippen LogP contribution in [0.25, 0.3) is 0 Å². The molecule has 1 saturated heterocycles. The Labute approximate surface area is 64.2 Å². The van der Waals surface area contributed by atoms with E-state index < -0.39 is 12.0 Å². The zero-order chi connectivity index (χ0) is 8.43. The molecule has 11 heavy (non-hydrogen) atoms. The first-order chi connectivity index (χ1) is 5.15. The summed E-state index contributed by atoms with van der Waals surface area (Å²) in [7, 11) is 1.29. The van der Waals surface area contributed by atoms with Gasteiger partial charge in [0.05, 0.1) is 7.11 Å². The van der Waals surface area contributed by atoms with Gasteiger partial charge in [0, 0.05) is 12.0 Å². The van der Waals surface area contributed by atoms with Crippen molar-refractivity contribution < 1.29 is 14.3 Å². The van der Waals surface area contributed by atoms with Gasteiger partial charge in [0.25, 0.3) is 0 Å². The van der Waals surface area contributed by atoms with E-state index in [1.165, 1.54) is 7.11 Å². The molecule has 1 amide bonds. The molecule has 1 heterocycles. The number of hydrogen-bond acceptors (Lipinski definition) is 3. The van der Waals surface area contributed by atoms with Gasteiger partial charge in [-0.25, -0.2) is 4.79 Å². The molecule has 1 rings (SSSR count). The number of carbonyl (C=O) groups excluding carboxylic acids is 2. The Balaban J connectivity index is 2.60. The van der Waals surface area contributed by atoms with Crippen molar-refractivity contribution in [3.63, 3.8) is 0 Å². The molecule has 0 unspecified atom stereocenters. The highest BCUT2D eigenvalue weighted by Crippen LogP contribution is 2.12. The fourth-order valence-electron chi connectivity index (χ4n) is 0.935. The first-order valence-corrected chi connectivity index (χ1v) is 3.21. The Kier molecular flexibility index (Phi) is 1.94. The zero-order valence-corrected chi connectivity index (χ0v) is 6.22. The van der Waals surface area contributed by atoms with Crippen LogP contribution in [0.5, 0.6) is 0 Å². The maximum absolute atomic E-state index is 10.8. The fraction of sp³-hybridized carbons (Fsp3) is 0.429. The number of hydrogen-bond donors (Lipinski definition) is 1. The van der Waals surface area contributed by atoms with E-state index in [-0.39, 0.29) is 5.91 Å². The molecular weight excluding hydrogens is 146 g/mol. The molecule has 0 aliphatic carbocycles. The molecule has 0 bridgehead atoms. The normalized spacial score (nSPS) is 23.2.